The Balaban J connectivity index is 2.46. The molecule has 0 aliphatic heterocycles. The third-order valence-corrected chi connectivity index (χ3v) is 4.58. The average molecular weight is 392 g/mol. The van der Waals surface area contributed by atoms with E-state index in [2.05, 4.69) is 0 Å². The van der Waals surface area contributed by atoms with Crippen LogP contribution >= 0.6 is 11.6 Å². The predicted molar refractivity (Wildman–Crippen MR) is 82.0 cm³/mol. The van der Waals surface area contributed by atoms with Gasteiger partial charge in [-0.25, -0.2) is 0 Å². The van der Waals surface area contributed by atoms with Crippen LogP contribution in [0.5, 0.6) is 11.5 Å². The second-order valence-electron chi connectivity index (χ2n) is 4.65. The van der Waals surface area contributed by atoms with Crippen LogP contribution in [0.25, 0.3) is 0 Å². The highest BCUT2D eigenvalue weighted by atomic mass is 35.5. The summed E-state index contributed by atoms with van der Waals surface area (Å²) in [7, 11) is -3.36. The first-order chi connectivity index (χ1) is 11.6. The molecule has 2 aromatic rings. The monoisotopic (exact) mass is 391 g/mol. The fourth-order valence-corrected chi connectivity index (χ4v) is 3.04. The molecule has 0 saturated carbocycles. The molecule has 2 aromatic carbocycles. The summed E-state index contributed by atoms with van der Waals surface area (Å²) in [5, 5.41) is 8.17. The molecule has 0 heterocycles. The summed E-state index contributed by atoms with van der Waals surface area (Å²) in [6, 6.07) is 7.59. The highest BCUT2D eigenvalue weighted by molar-refractivity contribution is 7.87. The van der Waals surface area contributed by atoms with Crippen molar-refractivity contribution in [1.29, 1.82) is 5.26 Å². The molecular weight excluding hydrogens is 383 g/mol. The van der Waals surface area contributed by atoms with Gasteiger partial charge in [-0.15, -0.1) is 0 Å². The van der Waals surface area contributed by atoms with Crippen molar-refractivity contribution >= 4 is 21.7 Å². The minimum atomic E-state index is -4.82. The van der Waals surface area contributed by atoms with E-state index in [9.17, 15) is 21.6 Å². The lowest BCUT2D eigenvalue weighted by molar-refractivity contribution is -0.137. The number of ether oxygens (including phenoxy) is 1. The molecule has 0 atom stereocenters. The van der Waals surface area contributed by atoms with Crippen LogP contribution in [0.2, 0.25) is 5.02 Å². The summed E-state index contributed by atoms with van der Waals surface area (Å²) in [6.45, 7) is 0. The van der Waals surface area contributed by atoms with Crippen LogP contribution in [0.4, 0.5) is 13.2 Å². The first-order valence-electron chi connectivity index (χ1n) is 6.48. The van der Waals surface area contributed by atoms with Crippen LogP contribution in [0.15, 0.2) is 41.3 Å². The van der Waals surface area contributed by atoms with Gasteiger partial charge in [0.2, 0.25) is 0 Å². The Bertz CT molecular complexity index is 952. The van der Waals surface area contributed by atoms with E-state index in [0.29, 0.717) is 6.07 Å². The van der Waals surface area contributed by atoms with Crippen LogP contribution in [-0.2, 0) is 16.3 Å². The molecule has 132 valence electrons. The van der Waals surface area contributed by atoms with Crippen molar-refractivity contribution in [2.45, 2.75) is 11.1 Å². The van der Waals surface area contributed by atoms with Gasteiger partial charge in [0.1, 0.15) is 4.90 Å². The number of benzene rings is 2. The maximum Gasteiger partial charge on any atom is 0.417 e. The van der Waals surface area contributed by atoms with Crippen LogP contribution < -0.4 is 8.92 Å². The highest BCUT2D eigenvalue weighted by Crippen LogP contribution is 2.37. The van der Waals surface area contributed by atoms with E-state index in [-0.39, 0.29) is 17.1 Å². The summed E-state index contributed by atoms with van der Waals surface area (Å²) in [4.78, 5) is -0.726. The SMILES string of the molecule is COc1cc(C#N)ccc1OS(=O)(=O)c1ccc(Cl)c(C(F)(F)F)c1. The van der Waals surface area contributed by atoms with Gasteiger partial charge in [-0.2, -0.15) is 26.9 Å². The molecule has 0 aliphatic rings. The Labute approximate surface area is 146 Å². The minimum absolute atomic E-state index is 0.0624. The Hall–Kier alpha value is -2.44. The number of halogens is 4. The molecule has 0 aromatic heterocycles. The zero-order valence-electron chi connectivity index (χ0n) is 12.5. The molecule has 0 amide bonds. The van der Waals surface area contributed by atoms with E-state index in [0.717, 1.165) is 18.2 Å². The van der Waals surface area contributed by atoms with Crippen molar-refractivity contribution in [2.24, 2.45) is 0 Å². The summed E-state index contributed by atoms with van der Waals surface area (Å²) in [5.74, 6) is -0.336. The third-order valence-electron chi connectivity index (χ3n) is 3.02. The maximum absolute atomic E-state index is 12.9. The van der Waals surface area contributed by atoms with Crippen molar-refractivity contribution in [1.82, 2.24) is 0 Å². The van der Waals surface area contributed by atoms with E-state index in [1.54, 1.807) is 0 Å². The van der Waals surface area contributed by atoms with Crippen LogP contribution in [0.3, 0.4) is 0 Å². The standard InChI is InChI=1S/C15H9ClF3NO4S/c1-23-14-6-9(8-20)2-5-13(14)24-25(21,22)10-3-4-12(16)11(7-10)15(17,18)19/h2-7H,1H3. The van der Waals surface area contributed by atoms with Crippen molar-refractivity contribution in [3.8, 4) is 17.6 Å². The van der Waals surface area contributed by atoms with Gasteiger partial charge in [-0.05, 0) is 30.3 Å². The van der Waals surface area contributed by atoms with Gasteiger partial charge in [0.25, 0.3) is 0 Å². The Morgan fingerprint density at radius 1 is 1.12 bits per heavy atom. The number of nitriles is 1. The number of hydrogen-bond donors (Lipinski definition) is 0. The molecule has 2 rings (SSSR count). The number of methoxy groups -OCH3 is 1. The van der Waals surface area contributed by atoms with Crippen LogP contribution in [0.1, 0.15) is 11.1 Å². The topological polar surface area (TPSA) is 76.4 Å². The van der Waals surface area contributed by atoms with Gasteiger partial charge < -0.3 is 8.92 Å². The lowest BCUT2D eigenvalue weighted by Gasteiger charge is -2.13. The Morgan fingerprint density at radius 3 is 2.36 bits per heavy atom. The fourth-order valence-electron chi connectivity index (χ4n) is 1.85. The normalized spacial score (nSPS) is 11.7. The van der Waals surface area contributed by atoms with Gasteiger partial charge in [0.15, 0.2) is 11.5 Å². The van der Waals surface area contributed by atoms with E-state index in [1.165, 1.54) is 19.2 Å². The summed E-state index contributed by atoms with van der Waals surface area (Å²) in [6.07, 6.45) is -4.82. The smallest absolute Gasteiger partial charge is 0.417 e. The molecule has 0 saturated heterocycles. The molecule has 0 fully saturated rings. The van der Waals surface area contributed by atoms with Gasteiger partial charge in [0, 0.05) is 6.07 Å². The lowest BCUT2D eigenvalue weighted by Crippen LogP contribution is -2.13. The molecule has 0 unspecified atom stereocenters. The number of rotatable bonds is 4. The third kappa shape index (κ3) is 4.15. The molecule has 0 radical (unpaired) electrons. The number of alkyl halides is 3. The van der Waals surface area contributed by atoms with Crippen LogP contribution in [0, 0.1) is 11.3 Å². The first-order valence-corrected chi connectivity index (χ1v) is 8.26. The van der Waals surface area contributed by atoms with Crippen molar-refractivity contribution in [2.75, 3.05) is 7.11 Å². The van der Waals surface area contributed by atoms with Gasteiger partial charge >= 0.3 is 16.3 Å². The van der Waals surface area contributed by atoms with E-state index in [1.807, 2.05) is 6.07 Å². The molecule has 10 heteroatoms. The van der Waals surface area contributed by atoms with Gasteiger partial charge in [-0.1, -0.05) is 11.6 Å². The van der Waals surface area contributed by atoms with Crippen molar-refractivity contribution in [3.05, 3.63) is 52.5 Å². The summed E-state index contributed by atoms with van der Waals surface area (Å²) >= 11 is 5.47. The average Bonchev–Trinajstić information content (AvgIpc) is 2.54. The molecule has 0 aliphatic carbocycles. The Morgan fingerprint density at radius 2 is 1.80 bits per heavy atom. The number of hydrogen-bond acceptors (Lipinski definition) is 5. The quantitative estimate of drug-likeness (QED) is 0.736. The predicted octanol–water partition coefficient (Wildman–Crippen LogP) is 4.01. The minimum Gasteiger partial charge on any atom is -0.493 e. The lowest BCUT2D eigenvalue weighted by atomic mass is 10.2. The van der Waals surface area contributed by atoms with Crippen molar-refractivity contribution < 1.29 is 30.5 Å². The molecule has 25 heavy (non-hydrogen) atoms. The molecule has 5 nitrogen and oxygen atoms in total. The second-order valence-corrected chi connectivity index (χ2v) is 6.61. The molecule has 0 spiro atoms. The van der Waals surface area contributed by atoms with E-state index < -0.39 is 31.8 Å². The molecular formula is C15H9ClF3NO4S. The van der Waals surface area contributed by atoms with Crippen LogP contribution in [-0.4, -0.2) is 15.5 Å². The Kier molecular flexibility index (Phi) is 5.15. The zero-order valence-corrected chi connectivity index (χ0v) is 14.0. The molecule has 0 bridgehead atoms. The van der Waals surface area contributed by atoms with E-state index in [4.69, 9.17) is 25.8 Å². The van der Waals surface area contributed by atoms with Gasteiger partial charge in [-0.3, -0.25) is 0 Å². The fraction of sp³-hybridized carbons (Fsp3) is 0.133. The van der Waals surface area contributed by atoms with Crippen molar-refractivity contribution in [3.63, 3.8) is 0 Å². The summed E-state index contributed by atoms with van der Waals surface area (Å²) < 4.78 is 72.9. The largest absolute Gasteiger partial charge is 0.493 e. The van der Waals surface area contributed by atoms with Gasteiger partial charge in [0.05, 0.1) is 29.3 Å². The second kappa shape index (κ2) is 6.82. The highest BCUT2D eigenvalue weighted by Gasteiger charge is 2.35. The molecule has 0 N–H and O–H groups in total. The van der Waals surface area contributed by atoms with E-state index >= 15 is 0 Å². The zero-order chi connectivity index (χ0) is 18.8. The first kappa shape index (κ1) is 18.9. The number of nitrogens with zero attached hydrogens (tertiary/aromatic N) is 1. The maximum atomic E-state index is 12.9. The summed E-state index contributed by atoms with van der Waals surface area (Å²) in [5.41, 5.74) is -1.11.